The number of hydrogen-bond donors (Lipinski definition) is 1. The van der Waals surface area contributed by atoms with Gasteiger partial charge in [-0.2, -0.15) is 0 Å². The van der Waals surface area contributed by atoms with Gasteiger partial charge in [-0.1, -0.05) is 26.7 Å². The molecule has 0 amide bonds. The molecule has 20 heavy (non-hydrogen) atoms. The number of aliphatic hydroxyl groups excluding tert-OH is 1. The lowest BCUT2D eigenvalue weighted by Gasteiger charge is -2.60. The van der Waals surface area contributed by atoms with Gasteiger partial charge in [-0.25, -0.2) is 0 Å². The van der Waals surface area contributed by atoms with Crippen molar-refractivity contribution in [2.24, 2.45) is 34.5 Å². The summed E-state index contributed by atoms with van der Waals surface area (Å²) in [7, 11) is 0. The van der Waals surface area contributed by atoms with Crippen LogP contribution in [0.1, 0.15) is 78.1 Å². The summed E-state index contributed by atoms with van der Waals surface area (Å²) in [5.41, 5.74) is 0.912. The van der Waals surface area contributed by atoms with Gasteiger partial charge < -0.3 is 5.11 Å². The molecule has 1 heteroatoms. The second-order valence-corrected chi connectivity index (χ2v) is 9.04. The Morgan fingerprint density at radius 3 is 2.40 bits per heavy atom. The van der Waals surface area contributed by atoms with E-state index in [1.165, 1.54) is 57.8 Å². The molecule has 0 aromatic carbocycles. The lowest BCUT2D eigenvalue weighted by atomic mass is 9.45. The summed E-state index contributed by atoms with van der Waals surface area (Å²) >= 11 is 0. The predicted octanol–water partition coefficient (Wildman–Crippen LogP) is 4.78. The van der Waals surface area contributed by atoms with Crippen molar-refractivity contribution in [2.75, 3.05) is 0 Å². The standard InChI is InChI=1S/C19H32O/c1-18-11-4-3-5-13(18)6-7-14-15-8-9-17(20)19(15,2)12-10-16(14)18/h13-17,20H,3-12H2,1-2H3/t13?,14-,15+,16-,17-,18-,19-/m0/s1. The monoisotopic (exact) mass is 276 g/mol. The summed E-state index contributed by atoms with van der Waals surface area (Å²) in [5.74, 6) is 3.76. The highest BCUT2D eigenvalue weighted by atomic mass is 16.3. The van der Waals surface area contributed by atoms with Crippen molar-refractivity contribution in [2.45, 2.75) is 84.2 Å². The lowest BCUT2D eigenvalue weighted by Crippen LogP contribution is -2.53. The molecule has 7 atom stereocenters. The zero-order valence-corrected chi connectivity index (χ0v) is 13.4. The van der Waals surface area contributed by atoms with Crippen LogP contribution in [0.25, 0.3) is 0 Å². The first kappa shape index (κ1) is 13.6. The van der Waals surface area contributed by atoms with Crippen molar-refractivity contribution < 1.29 is 5.11 Å². The quantitative estimate of drug-likeness (QED) is 0.675. The predicted molar refractivity (Wildman–Crippen MR) is 82.4 cm³/mol. The summed E-state index contributed by atoms with van der Waals surface area (Å²) in [6, 6.07) is 0. The first-order chi connectivity index (χ1) is 9.56. The average Bonchev–Trinajstić information content (AvgIpc) is 2.74. The Morgan fingerprint density at radius 1 is 0.750 bits per heavy atom. The maximum Gasteiger partial charge on any atom is 0.0596 e. The molecule has 0 aromatic heterocycles. The van der Waals surface area contributed by atoms with Crippen molar-refractivity contribution in [1.82, 2.24) is 0 Å². The molecule has 1 unspecified atom stereocenters. The van der Waals surface area contributed by atoms with E-state index in [0.29, 0.717) is 5.41 Å². The van der Waals surface area contributed by atoms with E-state index in [9.17, 15) is 5.11 Å². The summed E-state index contributed by atoms with van der Waals surface area (Å²) < 4.78 is 0. The van der Waals surface area contributed by atoms with Crippen LogP contribution >= 0.6 is 0 Å². The van der Waals surface area contributed by atoms with Crippen LogP contribution in [0, 0.1) is 34.5 Å². The smallest absolute Gasteiger partial charge is 0.0596 e. The van der Waals surface area contributed by atoms with Gasteiger partial charge in [0.25, 0.3) is 0 Å². The minimum absolute atomic E-state index is 0.00895. The molecule has 1 nitrogen and oxygen atoms in total. The van der Waals surface area contributed by atoms with E-state index >= 15 is 0 Å². The third-order valence-corrected chi connectivity index (χ3v) is 8.53. The largest absolute Gasteiger partial charge is 0.393 e. The van der Waals surface area contributed by atoms with E-state index in [-0.39, 0.29) is 11.5 Å². The number of aliphatic hydroxyl groups is 1. The van der Waals surface area contributed by atoms with Gasteiger partial charge in [-0.05, 0) is 85.9 Å². The highest BCUT2D eigenvalue weighted by Crippen LogP contribution is 2.66. The summed E-state index contributed by atoms with van der Waals surface area (Å²) in [4.78, 5) is 0. The van der Waals surface area contributed by atoms with Crippen LogP contribution in [0.15, 0.2) is 0 Å². The zero-order valence-electron chi connectivity index (χ0n) is 13.4. The van der Waals surface area contributed by atoms with Gasteiger partial charge >= 0.3 is 0 Å². The molecule has 0 aliphatic heterocycles. The maximum atomic E-state index is 10.5. The van der Waals surface area contributed by atoms with Gasteiger partial charge in [0.1, 0.15) is 0 Å². The van der Waals surface area contributed by atoms with Gasteiger partial charge in [0.15, 0.2) is 0 Å². The van der Waals surface area contributed by atoms with Crippen molar-refractivity contribution in [3.8, 4) is 0 Å². The second kappa shape index (κ2) is 4.48. The average molecular weight is 276 g/mol. The Balaban J connectivity index is 1.64. The highest BCUT2D eigenvalue weighted by Gasteiger charge is 2.59. The van der Waals surface area contributed by atoms with E-state index < -0.39 is 0 Å². The van der Waals surface area contributed by atoms with Gasteiger partial charge in [0, 0.05) is 0 Å². The fourth-order valence-corrected chi connectivity index (χ4v) is 7.27. The second-order valence-electron chi connectivity index (χ2n) is 9.04. The van der Waals surface area contributed by atoms with Crippen LogP contribution in [0.5, 0.6) is 0 Å². The Labute approximate surface area is 124 Å². The van der Waals surface area contributed by atoms with E-state index in [1.807, 2.05) is 0 Å². The topological polar surface area (TPSA) is 20.2 Å². The lowest BCUT2D eigenvalue weighted by molar-refractivity contribution is -0.120. The fourth-order valence-electron chi connectivity index (χ4n) is 7.27. The minimum atomic E-state index is -0.00895. The SMILES string of the molecule is C[C@]12CC[C@H]3[C@@H](CCC4CCCC[C@@]43C)[C@H]1CC[C@@H]2O. The maximum absolute atomic E-state index is 10.5. The molecule has 0 heterocycles. The first-order valence-corrected chi connectivity index (χ1v) is 9.24. The normalized spacial score (nSPS) is 58.6. The molecule has 4 aliphatic carbocycles. The number of hydrogen-bond acceptors (Lipinski definition) is 1. The van der Waals surface area contributed by atoms with Crippen molar-refractivity contribution in [1.29, 1.82) is 0 Å². The summed E-state index contributed by atoms with van der Waals surface area (Å²) in [6.07, 6.45) is 14.0. The van der Waals surface area contributed by atoms with Crippen molar-refractivity contribution in [3.63, 3.8) is 0 Å². The summed E-state index contributed by atoms with van der Waals surface area (Å²) in [5, 5.41) is 10.5. The van der Waals surface area contributed by atoms with Gasteiger partial charge in [0.2, 0.25) is 0 Å². The van der Waals surface area contributed by atoms with Crippen LogP contribution in [-0.2, 0) is 0 Å². The van der Waals surface area contributed by atoms with Crippen LogP contribution in [-0.4, -0.2) is 11.2 Å². The molecule has 114 valence electrons. The van der Waals surface area contributed by atoms with Gasteiger partial charge in [-0.3, -0.25) is 0 Å². The molecule has 4 saturated carbocycles. The molecule has 0 spiro atoms. The molecule has 0 saturated heterocycles. The van der Waals surface area contributed by atoms with E-state index in [0.717, 1.165) is 30.1 Å². The molecular weight excluding hydrogens is 244 g/mol. The Hall–Kier alpha value is -0.0400. The number of rotatable bonds is 0. The van der Waals surface area contributed by atoms with Crippen molar-refractivity contribution >= 4 is 0 Å². The highest BCUT2D eigenvalue weighted by molar-refractivity contribution is 5.08. The Morgan fingerprint density at radius 2 is 1.55 bits per heavy atom. The van der Waals surface area contributed by atoms with E-state index in [4.69, 9.17) is 0 Å². The molecule has 0 aromatic rings. The first-order valence-electron chi connectivity index (χ1n) is 9.24. The third-order valence-electron chi connectivity index (χ3n) is 8.53. The van der Waals surface area contributed by atoms with E-state index in [2.05, 4.69) is 13.8 Å². The van der Waals surface area contributed by atoms with Crippen LogP contribution in [0.4, 0.5) is 0 Å². The molecule has 1 N–H and O–H groups in total. The molecule has 4 aliphatic rings. The Kier molecular flexibility index (Phi) is 3.05. The fraction of sp³-hybridized carbons (Fsp3) is 1.00. The van der Waals surface area contributed by atoms with Crippen LogP contribution in [0.2, 0.25) is 0 Å². The molecule has 4 fully saturated rings. The minimum Gasteiger partial charge on any atom is -0.393 e. The van der Waals surface area contributed by atoms with Crippen LogP contribution < -0.4 is 0 Å². The molecule has 0 bridgehead atoms. The number of fused-ring (bicyclic) bond motifs is 5. The Bertz CT molecular complexity index is 391. The molecular formula is C19H32O. The molecule has 0 radical (unpaired) electrons. The van der Waals surface area contributed by atoms with Crippen LogP contribution in [0.3, 0.4) is 0 Å². The van der Waals surface area contributed by atoms with Crippen molar-refractivity contribution in [3.05, 3.63) is 0 Å². The molecule has 4 rings (SSSR count). The van der Waals surface area contributed by atoms with E-state index in [1.54, 1.807) is 0 Å². The van der Waals surface area contributed by atoms with Gasteiger partial charge in [-0.15, -0.1) is 0 Å². The third kappa shape index (κ3) is 1.65. The van der Waals surface area contributed by atoms with Gasteiger partial charge in [0.05, 0.1) is 6.10 Å². The summed E-state index contributed by atoms with van der Waals surface area (Å²) in [6.45, 7) is 5.04. The zero-order chi connectivity index (χ0) is 14.0.